The highest BCUT2D eigenvalue weighted by molar-refractivity contribution is 5.54. The van der Waals surface area contributed by atoms with E-state index in [1.807, 2.05) is 12.3 Å². The van der Waals surface area contributed by atoms with Gasteiger partial charge in [0.1, 0.15) is 5.82 Å². The van der Waals surface area contributed by atoms with E-state index in [0.29, 0.717) is 6.04 Å². The molecule has 4 heterocycles. The first-order chi connectivity index (χ1) is 14.8. The van der Waals surface area contributed by atoms with Gasteiger partial charge in [0.05, 0.1) is 11.4 Å². The second-order valence-corrected chi connectivity index (χ2v) is 9.09. The number of pyridine rings is 1. The minimum atomic E-state index is 0.410. The van der Waals surface area contributed by atoms with E-state index in [1.54, 1.807) is 0 Å². The highest BCUT2D eigenvalue weighted by Gasteiger charge is 2.26. The van der Waals surface area contributed by atoms with Crippen LogP contribution in [0.3, 0.4) is 0 Å². The van der Waals surface area contributed by atoms with E-state index < -0.39 is 0 Å². The normalized spacial score (nSPS) is 22.5. The Balaban J connectivity index is 1.30. The molecule has 0 saturated carbocycles. The predicted octanol–water partition coefficient (Wildman–Crippen LogP) is 3.82. The molecule has 0 spiro atoms. The number of nitrogens with zero attached hydrogens (tertiary/aromatic N) is 5. The van der Waals surface area contributed by atoms with E-state index in [4.69, 9.17) is 9.97 Å². The molecule has 160 valence electrons. The van der Waals surface area contributed by atoms with Crippen molar-refractivity contribution in [1.29, 1.82) is 0 Å². The summed E-state index contributed by atoms with van der Waals surface area (Å²) in [5.41, 5.74) is 3.87. The summed E-state index contributed by atoms with van der Waals surface area (Å²) in [4.78, 5) is 19.6. The van der Waals surface area contributed by atoms with Gasteiger partial charge < -0.3 is 10.2 Å². The molecule has 0 bridgehead atoms. The Morgan fingerprint density at radius 3 is 2.63 bits per heavy atom. The third-order valence-electron chi connectivity index (χ3n) is 6.78. The van der Waals surface area contributed by atoms with E-state index >= 15 is 0 Å². The van der Waals surface area contributed by atoms with Crippen LogP contribution in [0.15, 0.2) is 24.4 Å². The molecule has 2 aliphatic heterocycles. The van der Waals surface area contributed by atoms with Crippen LogP contribution in [0.4, 0.5) is 11.8 Å². The molecule has 5 rings (SSSR count). The van der Waals surface area contributed by atoms with Crippen LogP contribution in [0.5, 0.6) is 0 Å². The predicted molar refractivity (Wildman–Crippen MR) is 121 cm³/mol. The van der Waals surface area contributed by atoms with Crippen LogP contribution in [0.25, 0.3) is 0 Å². The third-order valence-corrected chi connectivity index (χ3v) is 6.78. The first-order valence-electron chi connectivity index (χ1n) is 11.9. The minimum absolute atomic E-state index is 0.410. The van der Waals surface area contributed by atoms with Gasteiger partial charge in [-0.2, -0.15) is 4.98 Å². The van der Waals surface area contributed by atoms with Crippen molar-refractivity contribution in [3.05, 3.63) is 41.3 Å². The Hall–Kier alpha value is -2.21. The number of rotatable bonds is 5. The Bertz CT molecular complexity index is 831. The molecule has 1 aliphatic carbocycles. The summed E-state index contributed by atoms with van der Waals surface area (Å²) in [6.07, 6.45) is 13.1. The third kappa shape index (κ3) is 4.59. The molecule has 1 N–H and O–H groups in total. The van der Waals surface area contributed by atoms with Gasteiger partial charge in [-0.1, -0.05) is 18.9 Å². The number of aromatic nitrogens is 3. The number of aryl methyl sites for hydroxylation is 1. The topological polar surface area (TPSA) is 57.2 Å². The fourth-order valence-electron chi connectivity index (χ4n) is 5.18. The molecule has 2 fully saturated rings. The summed E-state index contributed by atoms with van der Waals surface area (Å²) in [5.74, 6) is 2.08. The number of fused-ring (bicyclic) bond motifs is 1. The second kappa shape index (κ2) is 9.29. The van der Waals surface area contributed by atoms with Gasteiger partial charge in [-0.3, -0.25) is 9.88 Å². The van der Waals surface area contributed by atoms with E-state index in [9.17, 15) is 0 Å². The second-order valence-electron chi connectivity index (χ2n) is 9.09. The summed E-state index contributed by atoms with van der Waals surface area (Å²) in [6, 6.07) is 6.57. The highest BCUT2D eigenvalue weighted by Crippen LogP contribution is 2.31. The molecule has 0 radical (unpaired) electrons. The average molecular weight is 407 g/mol. The molecule has 1 atom stereocenters. The number of likely N-dealkylation sites (tertiary alicyclic amines) is 1. The summed E-state index contributed by atoms with van der Waals surface area (Å²) < 4.78 is 0. The first-order valence-corrected chi connectivity index (χ1v) is 11.9. The Labute approximate surface area is 180 Å². The zero-order chi connectivity index (χ0) is 20.2. The van der Waals surface area contributed by atoms with Crippen LogP contribution < -0.4 is 10.2 Å². The average Bonchev–Trinajstić information content (AvgIpc) is 3.04. The van der Waals surface area contributed by atoms with Gasteiger partial charge in [0.15, 0.2) is 0 Å². The Kier molecular flexibility index (Phi) is 6.11. The fourth-order valence-corrected chi connectivity index (χ4v) is 5.18. The number of anilines is 2. The van der Waals surface area contributed by atoms with Gasteiger partial charge in [-0.05, 0) is 57.1 Å². The number of nitrogens with one attached hydrogen (secondary N) is 1. The van der Waals surface area contributed by atoms with Crippen molar-refractivity contribution in [3.8, 4) is 0 Å². The van der Waals surface area contributed by atoms with Crippen LogP contribution in [-0.4, -0.2) is 52.1 Å². The Morgan fingerprint density at radius 2 is 1.80 bits per heavy atom. The van der Waals surface area contributed by atoms with Crippen molar-refractivity contribution in [1.82, 2.24) is 19.9 Å². The maximum absolute atomic E-state index is 5.10. The van der Waals surface area contributed by atoms with Crippen LogP contribution in [0.1, 0.15) is 61.9 Å². The molecule has 6 nitrogen and oxygen atoms in total. The lowest BCUT2D eigenvalue weighted by Gasteiger charge is -2.28. The molecule has 0 aromatic carbocycles. The molecule has 2 aromatic rings. The van der Waals surface area contributed by atoms with Gasteiger partial charge in [0.2, 0.25) is 5.95 Å². The summed E-state index contributed by atoms with van der Waals surface area (Å²) >= 11 is 0. The quantitative estimate of drug-likeness (QED) is 0.815. The zero-order valence-electron chi connectivity index (χ0n) is 18.0. The highest BCUT2D eigenvalue weighted by atomic mass is 15.3. The van der Waals surface area contributed by atoms with Crippen molar-refractivity contribution < 1.29 is 0 Å². The van der Waals surface area contributed by atoms with Crippen LogP contribution in [0, 0.1) is 0 Å². The van der Waals surface area contributed by atoms with Gasteiger partial charge >= 0.3 is 0 Å². The summed E-state index contributed by atoms with van der Waals surface area (Å²) in [7, 11) is 0. The molecule has 0 unspecified atom stereocenters. The maximum atomic E-state index is 5.10. The largest absolute Gasteiger partial charge is 0.356 e. The molecule has 3 aliphatic rings. The zero-order valence-corrected chi connectivity index (χ0v) is 18.0. The van der Waals surface area contributed by atoms with E-state index in [1.165, 1.54) is 55.6 Å². The lowest BCUT2D eigenvalue weighted by Crippen LogP contribution is -2.30. The van der Waals surface area contributed by atoms with Crippen molar-refractivity contribution in [3.63, 3.8) is 0 Å². The van der Waals surface area contributed by atoms with Gasteiger partial charge in [0, 0.05) is 50.5 Å². The smallest absolute Gasteiger partial charge is 0.225 e. The van der Waals surface area contributed by atoms with E-state index in [2.05, 4.69) is 32.2 Å². The fraction of sp³-hybridized carbons (Fsp3) is 0.625. The molecule has 30 heavy (non-hydrogen) atoms. The van der Waals surface area contributed by atoms with Crippen molar-refractivity contribution in [2.45, 2.75) is 70.4 Å². The van der Waals surface area contributed by atoms with Crippen LogP contribution in [0.2, 0.25) is 0 Å². The van der Waals surface area contributed by atoms with Gasteiger partial charge in [0.25, 0.3) is 0 Å². The lowest BCUT2D eigenvalue weighted by atomic mass is 9.96. The standard InChI is InChI=1S/C24H34N6/c1-2-8-15-30(14-7-1)23-21-10-3-4-11-22(21)27-24(28-23)26-20-12-16-29(18-20)17-19-9-5-6-13-25-19/h5-6,9,13,20H,1-4,7-8,10-12,14-18H2,(H,26,27,28)/t20-/m0/s1. The molecule has 2 aromatic heterocycles. The molecular weight excluding hydrogens is 372 g/mol. The number of hydrogen-bond acceptors (Lipinski definition) is 6. The molecule has 0 amide bonds. The van der Waals surface area contributed by atoms with Gasteiger partial charge in [-0.15, -0.1) is 0 Å². The molecule has 2 saturated heterocycles. The minimum Gasteiger partial charge on any atom is -0.356 e. The van der Waals surface area contributed by atoms with E-state index in [-0.39, 0.29) is 0 Å². The monoisotopic (exact) mass is 406 g/mol. The molecular formula is C24H34N6. The first kappa shape index (κ1) is 19.7. The van der Waals surface area contributed by atoms with Crippen LogP contribution >= 0.6 is 0 Å². The van der Waals surface area contributed by atoms with E-state index in [0.717, 1.165) is 63.6 Å². The van der Waals surface area contributed by atoms with Crippen molar-refractivity contribution in [2.24, 2.45) is 0 Å². The summed E-state index contributed by atoms with van der Waals surface area (Å²) in [5, 5.41) is 3.69. The number of hydrogen-bond donors (Lipinski definition) is 1. The van der Waals surface area contributed by atoms with Crippen molar-refractivity contribution >= 4 is 11.8 Å². The maximum Gasteiger partial charge on any atom is 0.225 e. The SMILES string of the molecule is c1ccc(CN2CC[C@H](Nc3nc4c(c(N5CCCCCC5)n3)CCCC4)C2)nc1. The summed E-state index contributed by atoms with van der Waals surface area (Å²) in [6.45, 7) is 5.33. The lowest BCUT2D eigenvalue weighted by molar-refractivity contribution is 0.324. The Morgan fingerprint density at radius 1 is 0.933 bits per heavy atom. The van der Waals surface area contributed by atoms with Gasteiger partial charge in [-0.25, -0.2) is 4.98 Å². The molecule has 6 heteroatoms. The van der Waals surface area contributed by atoms with Crippen molar-refractivity contribution in [2.75, 3.05) is 36.4 Å². The van der Waals surface area contributed by atoms with Crippen LogP contribution in [-0.2, 0) is 19.4 Å².